The number of benzene rings is 2. The summed E-state index contributed by atoms with van der Waals surface area (Å²) in [4.78, 5) is 23.5. The Morgan fingerprint density at radius 3 is 1.38 bits per heavy atom. The third-order valence-electron chi connectivity index (χ3n) is 3.68. The zero-order valence-electron chi connectivity index (χ0n) is 14.3. The lowest BCUT2D eigenvalue weighted by Crippen LogP contribution is -2.31. The average molecular weight is 422 g/mol. The normalized spacial score (nSPS) is 10.7. The molecule has 4 N–H and O–H groups in total. The number of nitrogens with one attached hydrogen (secondary N) is 2. The molecule has 2 rings (SSSR count). The monoisotopic (exact) mass is 422 g/mol. The van der Waals surface area contributed by atoms with Crippen molar-refractivity contribution in [1.82, 2.24) is 10.6 Å². The number of hydrogen-bond donors (Lipinski definition) is 4. The number of phenols is 2. The van der Waals surface area contributed by atoms with Gasteiger partial charge in [-0.1, -0.05) is 0 Å². The van der Waals surface area contributed by atoms with E-state index in [0.717, 1.165) is 0 Å². The fourth-order valence-corrected chi connectivity index (χ4v) is 2.19. The van der Waals surface area contributed by atoms with Crippen LogP contribution < -0.4 is 10.6 Å². The Kier molecular flexibility index (Phi) is 6.56. The van der Waals surface area contributed by atoms with Crippen molar-refractivity contribution in [2.24, 2.45) is 0 Å². The molecule has 2 amide bonds. The van der Waals surface area contributed by atoms with E-state index in [-0.39, 0.29) is 31.6 Å². The summed E-state index contributed by atoms with van der Waals surface area (Å²) in [5.74, 6) is -16.0. The van der Waals surface area contributed by atoms with Crippen LogP contribution in [0.15, 0.2) is 12.1 Å². The highest BCUT2D eigenvalue weighted by Crippen LogP contribution is 2.26. The highest BCUT2D eigenvalue weighted by atomic mass is 19.2. The van der Waals surface area contributed by atoms with Crippen LogP contribution in [0.1, 0.15) is 27.1 Å². The summed E-state index contributed by atoms with van der Waals surface area (Å²) in [7, 11) is 0. The number of rotatable bonds is 6. The lowest BCUT2D eigenvalue weighted by atomic mass is 10.1. The lowest BCUT2D eigenvalue weighted by Gasteiger charge is -2.10. The molecule has 12 heteroatoms. The van der Waals surface area contributed by atoms with E-state index in [1.807, 2.05) is 0 Å². The van der Waals surface area contributed by atoms with E-state index in [0.29, 0.717) is 0 Å². The molecule has 0 atom stereocenters. The minimum atomic E-state index is -1.85. The summed E-state index contributed by atoms with van der Waals surface area (Å²) >= 11 is 0. The van der Waals surface area contributed by atoms with Crippen LogP contribution in [0.2, 0.25) is 0 Å². The Labute approximate surface area is 158 Å². The zero-order chi connectivity index (χ0) is 21.9. The van der Waals surface area contributed by atoms with E-state index in [4.69, 9.17) is 10.2 Å². The van der Waals surface area contributed by atoms with Gasteiger partial charge in [-0.25, -0.2) is 17.6 Å². The van der Waals surface area contributed by atoms with Gasteiger partial charge >= 0.3 is 0 Å². The van der Waals surface area contributed by atoms with Gasteiger partial charge in [0, 0.05) is 13.1 Å². The fourth-order valence-electron chi connectivity index (χ4n) is 2.19. The lowest BCUT2D eigenvalue weighted by molar-refractivity contribution is 0.0946. The molecule has 0 aliphatic rings. The Morgan fingerprint density at radius 1 is 0.690 bits per heavy atom. The number of phenolic OH excluding ortho intramolecular Hbond substituents is 2. The minimum Gasteiger partial charge on any atom is -0.503 e. The number of amides is 2. The molecule has 0 heterocycles. The first-order valence-corrected chi connectivity index (χ1v) is 7.85. The zero-order valence-corrected chi connectivity index (χ0v) is 14.3. The maximum absolute atomic E-state index is 13.6. The average Bonchev–Trinajstić information content (AvgIpc) is 2.69. The maximum atomic E-state index is 13.6. The molecule has 0 aliphatic carbocycles. The SMILES string of the molecule is O=C(NCCCNC(=O)c1cc(F)c(F)c(O)c1F)c1cc(F)c(F)c(O)c1F. The molecule has 0 radical (unpaired) electrons. The Balaban J connectivity index is 1.89. The third kappa shape index (κ3) is 4.52. The minimum absolute atomic E-state index is 0.0218. The number of aromatic hydroxyl groups is 2. The standard InChI is InChI=1S/C17H12F6N2O4/c18-8-4-6(10(20)14(26)12(8)22)16(28)24-2-1-3-25-17(29)7-5-9(19)13(23)15(27)11(7)21/h4-5,26-27H,1-3H2,(H,24,28)(H,25,29). The van der Waals surface area contributed by atoms with Gasteiger partial charge in [0.25, 0.3) is 11.8 Å². The number of hydrogen-bond acceptors (Lipinski definition) is 4. The third-order valence-corrected chi connectivity index (χ3v) is 3.68. The van der Waals surface area contributed by atoms with Crippen molar-refractivity contribution in [3.8, 4) is 11.5 Å². The van der Waals surface area contributed by atoms with Crippen molar-refractivity contribution in [2.45, 2.75) is 6.42 Å². The first-order chi connectivity index (χ1) is 13.6. The number of carbonyl (C=O) groups is 2. The Bertz CT molecular complexity index is 906. The highest BCUT2D eigenvalue weighted by molar-refractivity contribution is 5.95. The van der Waals surface area contributed by atoms with Gasteiger partial charge in [0.2, 0.25) is 11.6 Å². The van der Waals surface area contributed by atoms with Gasteiger partial charge < -0.3 is 20.8 Å². The van der Waals surface area contributed by atoms with Crippen LogP contribution in [-0.4, -0.2) is 35.1 Å². The molecule has 156 valence electrons. The fraction of sp³-hybridized carbons (Fsp3) is 0.176. The smallest absolute Gasteiger partial charge is 0.254 e. The first kappa shape index (κ1) is 21.9. The summed E-state index contributed by atoms with van der Waals surface area (Å²) in [5, 5.41) is 22.3. The van der Waals surface area contributed by atoms with Gasteiger partial charge in [-0.2, -0.15) is 8.78 Å². The van der Waals surface area contributed by atoms with Gasteiger partial charge in [0.1, 0.15) is 0 Å². The molecular weight excluding hydrogens is 410 g/mol. The summed E-state index contributed by atoms with van der Waals surface area (Å²) in [6, 6.07) is 0.500. The summed E-state index contributed by atoms with van der Waals surface area (Å²) in [6.45, 7) is -0.437. The van der Waals surface area contributed by atoms with Crippen LogP contribution in [0.5, 0.6) is 11.5 Å². The van der Waals surface area contributed by atoms with Crippen LogP contribution in [-0.2, 0) is 0 Å². The van der Waals surface area contributed by atoms with Gasteiger partial charge in [-0.15, -0.1) is 0 Å². The van der Waals surface area contributed by atoms with Crippen LogP contribution in [0.25, 0.3) is 0 Å². The molecule has 0 fully saturated rings. The molecule has 2 aromatic rings. The van der Waals surface area contributed by atoms with E-state index in [2.05, 4.69) is 10.6 Å². The maximum Gasteiger partial charge on any atom is 0.254 e. The van der Waals surface area contributed by atoms with E-state index in [9.17, 15) is 35.9 Å². The molecular formula is C17H12F6N2O4. The van der Waals surface area contributed by atoms with E-state index < -0.39 is 69.3 Å². The molecule has 0 saturated heterocycles. The molecule has 0 unspecified atom stereocenters. The van der Waals surface area contributed by atoms with Crippen molar-refractivity contribution in [2.75, 3.05) is 13.1 Å². The Morgan fingerprint density at radius 2 is 1.03 bits per heavy atom. The molecule has 0 spiro atoms. The van der Waals surface area contributed by atoms with Crippen molar-refractivity contribution in [3.63, 3.8) is 0 Å². The summed E-state index contributed by atoms with van der Waals surface area (Å²) < 4.78 is 79.5. The van der Waals surface area contributed by atoms with Crippen LogP contribution in [0, 0.1) is 34.9 Å². The Hall–Kier alpha value is -3.44. The molecule has 2 aromatic carbocycles. The van der Waals surface area contributed by atoms with Crippen molar-refractivity contribution in [1.29, 1.82) is 0 Å². The summed E-state index contributed by atoms with van der Waals surface area (Å²) in [5.41, 5.74) is -1.91. The first-order valence-electron chi connectivity index (χ1n) is 7.85. The van der Waals surface area contributed by atoms with Gasteiger partial charge in [-0.3, -0.25) is 9.59 Å². The molecule has 0 aromatic heterocycles. The molecule has 0 aliphatic heterocycles. The van der Waals surface area contributed by atoms with Crippen molar-refractivity contribution >= 4 is 11.8 Å². The predicted octanol–water partition coefficient (Wildman–Crippen LogP) is 2.48. The molecule has 6 nitrogen and oxygen atoms in total. The topological polar surface area (TPSA) is 98.7 Å². The number of carbonyl (C=O) groups excluding carboxylic acids is 2. The van der Waals surface area contributed by atoms with Crippen LogP contribution in [0.3, 0.4) is 0 Å². The molecule has 0 bridgehead atoms. The van der Waals surface area contributed by atoms with E-state index in [1.54, 1.807) is 0 Å². The second-order valence-corrected chi connectivity index (χ2v) is 5.63. The highest BCUT2D eigenvalue weighted by Gasteiger charge is 2.23. The second kappa shape index (κ2) is 8.71. The van der Waals surface area contributed by atoms with Crippen LogP contribution in [0.4, 0.5) is 26.3 Å². The quantitative estimate of drug-likeness (QED) is 0.327. The van der Waals surface area contributed by atoms with Gasteiger partial charge in [0.05, 0.1) is 11.1 Å². The van der Waals surface area contributed by atoms with Crippen molar-refractivity contribution < 1.29 is 46.1 Å². The van der Waals surface area contributed by atoms with E-state index in [1.165, 1.54) is 0 Å². The van der Waals surface area contributed by atoms with Gasteiger partial charge in [-0.05, 0) is 18.6 Å². The largest absolute Gasteiger partial charge is 0.503 e. The second-order valence-electron chi connectivity index (χ2n) is 5.63. The van der Waals surface area contributed by atoms with Gasteiger partial charge in [0.15, 0.2) is 34.8 Å². The summed E-state index contributed by atoms with van der Waals surface area (Å²) in [6.07, 6.45) is -0.0218. The van der Waals surface area contributed by atoms with Crippen molar-refractivity contribution in [3.05, 3.63) is 58.2 Å². The van der Waals surface area contributed by atoms with Crippen LogP contribution >= 0.6 is 0 Å². The number of halogens is 6. The predicted molar refractivity (Wildman–Crippen MR) is 85.2 cm³/mol. The van der Waals surface area contributed by atoms with E-state index >= 15 is 0 Å². The molecule has 0 saturated carbocycles. The molecule has 29 heavy (non-hydrogen) atoms.